The third kappa shape index (κ3) is 5.58. The highest BCUT2D eigenvalue weighted by Gasteiger charge is 2.15. The Kier molecular flexibility index (Phi) is 7.26. The zero-order valence-electron chi connectivity index (χ0n) is 19.4. The fourth-order valence-corrected chi connectivity index (χ4v) is 3.65. The number of carbonyl (C=O) groups excluding carboxylic acids is 1. The number of rotatable bonds is 9. The van der Waals surface area contributed by atoms with E-state index in [1.54, 1.807) is 16.8 Å². The van der Waals surface area contributed by atoms with Crippen molar-refractivity contribution in [1.29, 1.82) is 0 Å². The van der Waals surface area contributed by atoms with E-state index in [0.717, 1.165) is 28.9 Å². The molecule has 0 aliphatic rings. The number of benzene rings is 2. The van der Waals surface area contributed by atoms with Gasteiger partial charge in [-0.2, -0.15) is 9.78 Å². The van der Waals surface area contributed by atoms with Crippen LogP contribution in [0.5, 0.6) is 0 Å². The molecule has 2 aromatic heterocycles. The number of ketones is 1. The Morgan fingerprint density at radius 3 is 2.66 bits per heavy atom. The van der Waals surface area contributed by atoms with Crippen LogP contribution in [0.15, 0.2) is 60.9 Å². The van der Waals surface area contributed by atoms with E-state index in [4.69, 9.17) is 0 Å². The van der Waals surface area contributed by atoms with Crippen LogP contribution in [-0.2, 0) is 19.4 Å². The maximum atomic E-state index is 13.0. The summed E-state index contributed by atoms with van der Waals surface area (Å²) >= 11 is 0. The second-order valence-electron chi connectivity index (χ2n) is 8.11. The van der Waals surface area contributed by atoms with Crippen molar-refractivity contribution < 1.29 is 18.7 Å². The number of hydrogen-bond donors (Lipinski definition) is 2. The number of aliphatic hydroxyl groups is 1. The predicted molar refractivity (Wildman–Crippen MR) is 128 cm³/mol. The predicted octanol–water partition coefficient (Wildman–Crippen LogP) is 5.13. The van der Waals surface area contributed by atoms with Gasteiger partial charge in [-0.25, -0.2) is 18.7 Å². The number of halogens is 2. The molecule has 0 amide bonds. The SMILES string of the molecule is CCc1cc(-n2nc(CO)cc2Nc2cc(CC(=O)c3cccc(C(F)F)c3)ccc2C)ncn1. The summed E-state index contributed by atoms with van der Waals surface area (Å²) in [5, 5.41) is 17.4. The third-order valence-corrected chi connectivity index (χ3v) is 5.60. The van der Waals surface area contributed by atoms with Crippen molar-refractivity contribution in [3.05, 3.63) is 94.6 Å². The van der Waals surface area contributed by atoms with E-state index < -0.39 is 6.43 Å². The number of alkyl halides is 2. The number of hydrogen-bond acceptors (Lipinski definition) is 6. The largest absolute Gasteiger partial charge is 0.390 e. The lowest BCUT2D eigenvalue weighted by atomic mass is 10.00. The number of nitrogens with one attached hydrogen (secondary N) is 1. The molecule has 0 atom stereocenters. The number of aliphatic hydroxyl groups excluding tert-OH is 1. The van der Waals surface area contributed by atoms with Gasteiger partial charge in [-0.15, -0.1) is 0 Å². The molecule has 0 aliphatic carbocycles. The van der Waals surface area contributed by atoms with Gasteiger partial charge in [-0.1, -0.05) is 37.3 Å². The Morgan fingerprint density at radius 1 is 1.09 bits per heavy atom. The molecule has 9 heteroatoms. The molecule has 7 nitrogen and oxygen atoms in total. The molecular weight excluding hydrogens is 452 g/mol. The molecule has 2 heterocycles. The standard InChI is InChI=1S/C26H25F2N5O2/c1-3-20-12-24(30-15-29-20)33-25(13-21(14-34)32-33)31-22-9-17(8-7-16(22)2)10-23(35)18-5-4-6-19(11-18)26(27)28/h4-9,11-13,15,26,31,34H,3,10,14H2,1-2H3. The van der Waals surface area contributed by atoms with Crippen molar-refractivity contribution in [2.45, 2.75) is 39.7 Å². The third-order valence-electron chi connectivity index (χ3n) is 5.60. The first-order chi connectivity index (χ1) is 16.9. The highest BCUT2D eigenvalue weighted by Crippen LogP contribution is 2.26. The summed E-state index contributed by atoms with van der Waals surface area (Å²) in [6, 6.07) is 14.7. The van der Waals surface area contributed by atoms with Crippen molar-refractivity contribution in [3.8, 4) is 5.82 Å². The molecule has 0 fully saturated rings. The van der Waals surface area contributed by atoms with Crippen LogP contribution in [0.4, 0.5) is 20.3 Å². The maximum absolute atomic E-state index is 13.0. The fraction of sp³-hybridized carbons (Fsp3) is 0.231. The molecule has 0 unspecified atom stereocenters. The molecule has 0 aliphatic heterocycles. The Labute approximate surface area is 201 Å². The topological polar surface area (TPSA) is 92.9 Å². The number of aromatic nitrogens is 4. The smallest absolute Gasteiger partial charge is 0.263 e. The lowest BCUT2D eigenvalue weighted by Gasteiger charge is -2.13. The lowest BCUT2D eigenvalue weighted by molar-refractivity contribution is 0.0992. The van der Waals surface area contributed by atoms with E-state index in [9.17, 15) is 18.7 Å². The number of Topliss-reactive ketones (excluding diaryl/α,β-unsaturated/α-hetero) is 1. The van der Waals surface area contributed by atoms with Gasteiger partial charge < -0.3 is 10.4 Å². The van der Waals surface area contributed by atoms with Crippen LogP contribution in [0.3, 0.4) is 0 Å². The molecule has 2 N–H and O–H groups in total. The summed E-state index contributed by atoms with van der Waals surface area (Å²) in [7, 11) is 0. The first kappa shape index (κ1) is 24.2. The first-order valence-electron chi connectivity index (χ1n) is 11.2. The summed E-state index contributed by atoms with van der Waals surface area (Å²) in [6.45, 7) is 3.68. The maximum Gasteiger partial charge on any atom is 0.263 e. The van der Waals surface area contributed by atoms with Crippen molar-refractivity contribution in [2.75, 3.05) is 5.32 Å². The van der Waals surface area contributed by atoms with Crippen molar-refractivity contribution in [2.24, 2.45) is 0 Å². The van der Waals surface area contributed by atoms with Crippen LogP contribution < -0.4 is 5.32 Å². The highest BCUT2D eigenvalue weighted by molar-refractivity contribution is 5.97. The Hall–Kier alpha value is -3.98. The van der Waals surface area contributed by atoms with Crippen molar-refractivity contribution >= 4 is 17.3 Å². The minimum atomic E-state index is -2.63. The quantitative estimate of drug-likeness (QED) is 0.325. The van der Waals surface area contributed by atoms with Crippen molar-refractivity contribution in [3.63, 3.8) is 0 Å². The molecule has 0 bridgehead atoms. The molecule has 180 valence electrons. The van der Waals surface area contributed by atoms with E-state index in [-0.39, 0.29) is 29.9 Å². The number of carbonyl (C=O) groups is 1. The summed E-state index contributed by atoms with van der Waals surface area (Å²) in [5.74, 6) is 0.899. The van der Waals surface area contributed by atoms with Gasteiger partial charge >= 0.3 is 0 Å². The van der Waals surface area contributed by atoms with Gasteiger partial charge in [-0.3, -0.25) is 4.79 Å². The van der Waals surface area contributed by atoms with Crippen LogP contribution in [0, 0.1) is 6.92 Å². The Balaban J connectivity index is 1.61. The van der Waals surface area contributed by atoms with E-state index in [1.807, 2.05) is 38.1 Å². The lowest BCUT2D eigenvalue weighted by Crippen LogP contribution is -2.08. The Bertz CT molecular complexity index is 1350. The molecule has 2 aromatic carbocycles. The molecule has 0 spiro atoms. The van der Waals surface area contributed by atoms with E-state index in [0.29, 0.717) is 17.3 Å². The second-order valence-corrected chi connectivity index (χ2v) is 8.11. The number of aryl methyl sites for hydroxylation is 2. The summed E-state index contributed by atoms with van der Waals surface area (Å²) in [4.78, 5) is 21.3. The zero-order chi connectivity index (χ0) is 24.9. The van der Waals surface area contributed by atoms with Gasteiger partial charge in [0.05, 0.1) is 12.3 Å². The first-order valence-corrected chi connectivity index (χ1v) is 11.2. The highest BCUT2D eigenvalue weighted by atomic mass is 19.3. The van der Waals surface area contributed by atoms with Crippen LogP contribution in [-0.4, -0.2) is 30.6 Å². The molecule has 0 saturated carbocycles. The molecule has 0 radical (unpaired) electrons. The fourth-order valence-electron chi connectivity index (χ4n) is 3.65. The van der Waals surface area contributed by atoms with Gasteiger partial charge in [0, 0.05) is 41.1 Å². The molecule has 0 saturated heterocycles. The van der Waals surface area contributed by atoms with Crippen LogP contribution in [0.25, 0.3) is 5.82 Å². The normalized spacial score (nSPS) is 11.1. The monoisotopic (exact) mass is 477 g/mol. The summed E-state index contributed by atoms with van der Waals surface area (Å²) in [5.41, 5.74) is 3.80. The average Bonchev–Trinajstić information content (AvgIpc) is 3.29. The van der Waals surface area contributed by atoms with E-state index in [2.05, 4.69) is 20.4 Å². The molecule has 4 aromatic rings. The van der Waals surface area contributed by atoms with Gasteiger partial charge in [0.15, 0.2) is 11.6 Å². The molecular formula is C26H25F2N5O2. The van der Waals surface area contributed by atoms with Gasteiger partial charge in [0.2, 0.25) is 0 Å². The summed E-state index contributed by atoms with van der Waals surface area (Å²) in [6.07, 6.45) is -0.357. The van der Waals surface area contributed by atoms with Crippen molar-refractivity contribution in [1.82, 2.24) is 19.7 Å². The average molecular weight is 478 g/mol. The Morgan fingerprint density at radius 2 is 1.91 bits per heavy atom. The minimum Gasteiger partial charge on any atom is -0.390 e. The van der Waals surface area contributed by atoms with Gasteiger partial charge in [-0.05, 0) is 36.6 Å². The number of anilines is 2. The molecule has 4 rings (SSSR count). The zero-order valence-corrected chi connectivity index (χ0v) is 19.4. The van der Waals surface area contributed by atoms with E-state index >= 15 is 0 Å². The number of nitrogens with zero attached hydrogens (tertiary/aromatic N) is 4. The molecule has 35 heavy (non-hydrogen) atoms. The van der Waals surface area contributed by atoms with Crippen LogP contribution in [0.2, 0.25) is 0 Å². The van der Waals surface area contributed by atoms with Gasteiger partial charge in [0.25, 0.3) is 6.43 Å². The second kappa shape index (κ2) is 10.5. The van der Waals surface area contributed by atoms with Crippen LogP contribution >= 0.6 is 0 Å². The van der Waals surface area contributed by atoms with Crippen LogP contribution in [0.1, 0.15) is 51.8 Å². The van der Waals surface area contributed by atoms with Gasteiger partial charge in [0.1, 0.15) is 12.1 Å². The summed E-state index contributed by atoms with van der Waals surface area (Å²) < 4.78 is 27.6. The minimum absolute atomic E-state index is 0.0641. The van der Waals surface area contributed by atoms with E-state index in [1.165, 1.54) is 24.5 Å².